The zero-order valence-corrected chi connectivity index (χ0v) is 16.7. The Morgan fingerprint density at radius 3 is 2.59 bits per heavy atom. The molecule has 1 aliphatic rings. The van der Waals surface area contributed by atoms with Crippen LogP contribution < -0.4 is 19.7 Å². The molecule has 7 heteroatoms. The van der Waals surface area contributed by atoms with Gasteiger partial charge in [-0.05, 0) is 50.2 Å². The molecule has 0 radical (unpaired) electrons. The maximum atomic E-state index is 12.5. The molecule has 1 atom stereocenters. The quantitative estimate of drug-likeness (QED) is 0.775. The number of anilines is 2. The van der Waals surface area contributed by atoms with Gasteiger partial charge in [-0.15, -0.1) is 0 Å². The van der Waals surface area contributed by atoms with Crippen molar-refractivity contribution >= 4 is 17.3 Å². The van der Waals surface area contributed by atoms with Crippen LogP contribution in [0.2, 0.25) is 0 Å². The van der Waals surface area contributed by atoms with Gasteiger partial charge in [0.1, 0.15) is 0 Å². The number of carbonyl (C=O) groups excluding carboxylic acids is 1. The molecule has 29 heavy (non-hydrogen) atoms. The van der Waals surface area contributed by atoms with Crippen LogP contribution in [-0.2, 0) is 9.53 Å². The van der Waals surface area contributed by atoms with Crippen LogP contribution in [0.1, 0.15) is 19.4 Å². The molecule has 0 bridgehead atoms. The maximum absolute atomic E-state index is 12.5. The topological polar surface area (TPSA) is 83.8 Å². The van der Waals surface area contributed by atoms with Crippen molar-refractivity contribution in [3.8, 4) is 17.6 Å². The van der Waals surface area contributed by atoms with Crippen molar-refractivity contribution in [2.45, 2.75) is 20.0 Å². The summed E-state index contributed by atoms with van der Waals surface area (Å²) in [4.78, 5) is 14.8. The number of nitrogens with one attached hydrogen (secondary N) is 1. The molecule has 2 aromatic rings. The molecule has 1 fully saturated rings. The fourth-order valence-corrected chi connectivity index (χ4v) is 3.01. The monoisotopic (exact) mass is 395 g/mol. The molecule has 0 aliphatic carbocycles. The molecule has 1 amide bonds. The fraction of sp³-hybridized carbons (Fsp3) is 0.364. The molecule has 1 N–H and O–H groups in total. The SMILES string of the molecule is CCOc1cc(C#N)ccc1O[C@H](C)C(=O)Nc1ccc(N2CCOCC2)cc1. The van der Waals surface area contributed by atoms with Gasteiger partial charge in [0.15, 0.2) is 17.6 Å². The van der Waals surface area contributed by atoms with Gasteiger partial charge in [-0.3, -0.25) is 4.79 Å². The first-order chi connectivity index (χ1) is 14.1. The van der Waals surface area contributed by atoms with Crippen LogP contribution in [0.15, 0.2) is 42.5 Å². The number of hydrogen-bond donors (Lipinski definition) is 1. The highest BCUT2D eigenvalue weighted by atomic mass is 16.5. The lowest BCUT2D eigenvalue weighted by atomic mass is 10.2. The first kappa shape index (κ1) is 20.5. The highest BCUT2D eigenvalue weighted by Gasteiger charge is 2.18. The van der Waals surface area contributed by atoms with Gasteiger partial charge in [0.25, 0.3) is 5.91 Å². The number of rotatable bonds is 7. The smallest absolute Gasteiger partial charge is 0.265 e. The minimum absolute atomic E-state index is 0.268. The second-order valence-electron chi connectivity index (χ2n) is 6.60. The lowest BCUT2D eigenvalue weighted by molar-refractivity contribution is -0.122. The molecular formula is C22H25N3O4. The summed E-state index contributed by atoms with van der Waals surface area (Å²) < 4.78 is 16.7. The van der Waals surface area contributed by atoms with Gasteiger partial charge in [0, 0.05) is 30.5 Å². The van der Waals surface area contributed by atoms with E-state index in [0.29, 0.717) is 29.4 Å². The number of benzene rings is 2. The first-order valence-corrected chi connectivity index (χ1v) is 9.68. The second-order valence-corrected chi connectivity index (χ2v) is 6.60. The van der Waals surface area contributed by atoms with E-state index in [1.807, 2.05) is 31.2 Å². The van der Waals surface area contributed by atoms with Crippen LogP contribution in [-0.4, -0.2) is 44.9 Å². The number of carbonyl (C=O) groups is 1. The first-order valence-electron chi connectivity index (χ1n) is 9.68. The molecule has 7 nitrogen and oxygen atoms in total. The number of nitrogens with zero attached hydrogens (tertiary/aromatic N) is 2. The Morgan fingerprint density at radius 1 is 1.21 bits per heavy atom. The van der Waals surface area contributed by atoms with Crippen molar-refractivity contribution < 1.29 is 19.0 Å². The third-order valence-corrected chi connectivity index (χ3v) is 4.56. The van der Waals surface area contributed by atoms with Crippen LogP contribution in [0.5, 0.6) is 11.5 Å². The van der Waals surface area contributed by atoms with Gasteiger partial charge in [-0.1, -0.05) is 0 Å². The van der Waals surface area contributed by atoms with Gasteiger partial charge in [-0.25, -0.2) is 0 Å². The van der Waals surface area contributed by atoms with Crippen molar-refractivity contribution in [3.05, 3.63) is 48.0 Å². The molecule has 1 aliphatic heterocycles. The molecule has 1 heterocycles. The van der Waals surface area contributed by atoms with Crippen molar-refractivity contribution in [2.24, 2.45) is 0 Å². The molecule has 0 saturated carbocycles. The third-order valence-electron chi connectivity index (χ3n) is 4.56. The Bertz CT molecular complexity index is 871. The fourth-order valence-electron chi connectivity index (χ4n) is 3.01. The summed E-state index contributed by atoms with van der Waals surface area (Å²) in [6.45, 7) is 7.14. The van der Waals surface area contributed by atoms with E-state index in [-0.39, 0.29) is 5.91 Å². The van der Waals surface area contributed by atoms with E-state index >= 15 is 0 Å². The zero-order chi connectivity index (χ0) is 20.6. The molecule has 152 valence electrons. The lowest BCUT2D eigenvalue weighted by Crippen LogP contribution is -2.36. The molecule has 0 unspecified atom stereocenters. The number of hydrogen-bond acceptors (Lipinski definition) is 6. The summed E-state index contributed by atoms with van der Waals surface area (Å²) in [5.41, 5.74) is 2.28. The summed E-state index contributed by atoms with van der Waals surface area (Å²) >= 11 is 0. The van der Waals surface area contributed by atoms with Crippen LogP contribution in [0.3, 0.4) is 0 Å². The predicted octanol–water partition coefficient (Wildman–Crippen LogP) is 3.20. The van der Waals surface area contributed by atoms with E-state index in [1.54, 1.807) is 25.1 Å². The molecule has 1 saturated heterocycles. The Labute approximate surface area is 170 Å². The number of ether oxygens (including phenoxy) is 3. The Morgan fingerprint density at radius 2 is 1.93 bits per heavy atom. The van der Waals surface area contributed by atoms with Crippen molar-refractivity contribution in [3.63, 3.8) is 0 Å². The van der Waals surface area contributed by atoms with Gasteiger partial charge in [-0.2, -0.15) is 5.26 Å². The zero-order valence-electron chi connectivity index (χ0n) is 16.7. The summed E-state index contributed by atoms with van der Waals surface area (Å²) in [5.74, 6) is 0.605. The number of amides is 1. The number of morpholine rings is 1. The standard InChI is InChI=1S/C22H25N3O4/c1-3-28-21-14-17(15-23)4-9-20(21)29-16(2)22(26)24-18-5-7-19(8-6-18)25-10-12-27-13-11-25/h4-9,14,16H,3,10-13H2,1-2H3,(H,24,26)/t16-/m1/s1. The van der Waals surface area contributed by atoms with Crippen LogP contribution in [0.4, 0.5) is 11.4 Å². The summed E-state index contributed by atoms with van der Waals surface area (Å²) in [6, 6.07) is 14.7. The molecule has 0 aromatic heterocycles. The van der Waals surface area contributed by atoms with E-state index in [9.17, 15) is 4.79 Å². The van der Waals surface area contributed by atoms with Crippen molar-refractivity contribution in [2.75, 3.05) is 43.1 Å². The largest absolute Gasteiger partial charge is 0.490 e. The molecule has 2 aromatic carbocycles. The maximum Gasteiger partial charge on any atom is 0.265 e. The average Bonchev–Trinajstić information content (AvgIpc) is 2.76. The summed E-state index contributed by atoms with van der Waals surface area (Å²) in [6.07, 6.45) is -0.735. The molecule has 3 rings (SSSR count). The highest BCUT2D eigenvalue weighted by Crippen LogP contribution is 2.29. The van der Waals surface area contributed by atoms with Crippen LogP contribution in [0, 0.1) is 11.3 Å². The van der Waals surface area contributed by atoms with E-state index in [4.69, 9.17) is 19.5 Å². The highest BCUT2D eigenvalue weighted by molar-refractivity contribution is 5.94. The van der Waals surface area contributed by atoms with Gasteiger partial charge >= 0.3 is 0 Å². The molecule has 0 spiro atoms. The van der Waals surface area contributed by atoms with E-state index in [2.05, 4.69) is 16.3 Å². The van der Waals surface area contributed by atoms with Crippen LogP contribution in [0.25, 0.3) is 0 Å². The van der Waals surface area contributed by atoms with E-state index in [0.717, 1.165) is 32.0 Å². The number of nitriles is 1. The summed E-state index contributed by atoms with van der Waals surface area (Å²) in [5, 5.41) is 11.9. The Hall–Kier alpha value is -3.24. The van der Waals surface area contributed by atoms with E-state index in [1.165, 1.54) is 0 Å². The minimum Gasteiger partial charge on any atom is -0.490 e. The van der Waals surface area contributed by atoms with Crippen molar-refractivity contribution in [1.82, 2.24) is 0 Å². The summed E-state index contributed by atoms with van der Waals surface area (Å²) in [7, 11) is 0. The minimum atomic E-state index is -0.735. The third kappa shape index (κ3) is 5.39. The normalized spacial score (nSPS) is 14.6. The van der Waals surface area contributed by atoms with Gasteiger partial charge in [0.05, 0.1) is 31.5 Å². The van der Waals surface area contributed by atoms with Crippen molar-refractivity contribution in [1.29, 1.82) is 5.26 Å². The lowest BCUT2D eigenvalue weighted by Gasteiger charge is -2.29. The predicted molar refractivity (Wildman–Crippen MR) is 111 cm³/mol. The average molecular weight is 395 g/mol. The Kier molecular flexibility index (Phi) is 6.93. The van der Waals surface area contributed by atoms with Gasteiger partial charge < -0.3 is 24.4 Å². The molecular weight excluding hydrogens is 370 g/mol. The van der Waals surface area contributed by atoms with Gasteiger partial charge in [0.2, 0.25) is 0 Å². The second kappa shape index (κ2) is 9.80. The Balaban J connectivity index is 1.61. The van der Waals surface area contributed by atoms with E-state index < -0.39 is 6.10 Å². The van der Waals surface area contributed by atoms with Crippen LogP contribution >= 0.6 is 0 Å².